The second kappa shape index (κ2) is 6.44. The Hall–Kier alpha value is -1.30. The van der Waals surface area contributed by atoms with Crippen LogP contribution in [0.15, 0.2) is 12.4 Å². The molecule has 1 atom stereocenters. The molecule has 0 radical (unpaired) electrons. The van der Waals surface area contributed by atoms with Gasteiger partial charge in [0.25, 0.3) is 5.91 Å². The number of nitrogens with two attached hydrogens (primary N) is 1. The molecule has 1 heterocycles. The lowest BCUT2D eigenvalue weighted by atomic mass is 10.2. The first-order chi connectivity index (χ1) is 8.10. The molecule has 1 amide bonds. The standard InChI is InChI=1S/C11H18N4OS/c1-4-8(7-17-3)15(2)11(16)9-5-14-10(12)6-13-9/h5-6,8H,4,7H2,1-3H3,(H2,12,14). The number of nitrogens with zero attached hydrogens (tertiary/aromatic N) is 3. The molecule has 94 valence electrons. The quantitative estimate of drug-likeness (QED) is 0.856. The molecule has 6 heteroatoms. The molecule has 1 unspecified atom stereocenters. The summed E-state index contributed by atoms with van der Waals surface area (Å²) in [6.45, 7) is 2.07. The molecule has 17 heavy (non-hydrogen) atoms. The smallest absolute Gasteiger partial charge is 0.274 e. The van der Waals surface area contributed by atoms with Crippen molar-refractivity contribution >= 4 is 23.5 Å². The van der Waals surface area contributed by atoms with Gasteiger partial charge in [0.1, 0.15) is 11.5 Å². The summed E-state index contributed by atoms with van der Waals surface area (Å²) in [5, 5.41) is 0. The molecule has 0 aliphatic rings. The third-order valence-corrected chi connectivity index (χ3v) is 3.31. The summed E-state index contributed by atoms with van der Waals surface area (Å²) in [6.07, 6.45) is 5.77. The second-order valence-electron chi connectivity index (χ2n) is 3.76. The van der Waals surface area contributed by atoms with Gasteiger partial charge in [0.05, 0.1) is 12.4 Å². The molecule has 0 bridgehead atoms. The van der Waals surface area contributed by atoms with Gasteiger partial charge >= 0.3 is 0 Å². The maximum atomic E-state index is 12.1. The molecule has 5 nitrogen and oxygen atoms in total. The highest BCUT2D eigenvalue weighted by Gasteiger charge is 2.20. The number of thioether (sulfide) groups is 1. The molecule has 0 saturated carbocycles. The van der Waals surface area contributed by atoms with Gasteiger partial charge in [0.2, 0.25) is 0 Å². The van der Waals surface area contributed by atoms with E-state index in [4.69, 9.17) is 5.73 Å². The molecule has 0 saturated heterocycles. The Morgan fingerprint density at radius 1 is 1.53 bits per heavy atom. The Balaban J connectivity index is 2.77. The SMILES string of the molecule is CCC(CSC)N(C)C(=O)c1cnc(N)cn1. The van der Waals surface area contributed by atoms with Crippen LogP contribution >= 0.6 is 11.8 Å². The number of nitrogen functional groups attached to an aromatic ring is 1. The molecule has 1 aromatic rings. The van der Waals surface area contributed by atoms with Crippen molar-refractivity contribution in [2.75, 3.05) is 24.8 Å². The van der Waals surface area contributed by atoms with Gasteiger partial charge in [-0.2, -0.15) is 11.8 Å². The summed E-state index contributed by atoms with van der Waals surface area (Å²) in [5.74, 6) is 1.12. The van der Waals surface area contributed by atoms with Crippen molar-refractivity contribution in [3.8, 4) is 0 Å². The van der Waals surface area contributed by atoms with Crippen LogP contribution in [-0.4, -0.2) is 45.9 Å². The van der Waals surface area contributed by atoms with E-state index in [0.717, 1.165) is 12.2 Å². The number of amides is 1. The number of aromatic nitrogens is 2. The van der Waals surface area contributed by atoms with Crippen molar-refractivity contribution in [1.29, 1.82) is 0 Å². The van der Waals surface area contributed by atoms with E-state index in [0.29, 0.717) is 11.5 Å². The normalized spacial score (nSPS) is 12.2. The molecular weight excluding hydrogens is 236 g/mol. The maximum absolute atomic E-state index is 12.1. The lowest BCUT2D eigenvalue weighted by Gasteiger charge is -2.26. The van der Waals surface area contributed by atoms with Crippen molar-refractivity contribution in [3.05, 3.63) is 18.1 Å². The molecule has 0 spiro atoms. The zero-order chi connectivity index (χ0) is 12.8. The summed E-state index contributed by atoms with van der Waals surface area (Å²) in [5.41, 5.74) is 5.77. The average Bonchev–Trinajstić information content (AvgIpc) is 2.35. The van der Waals surface area contributed by atoms with Gasteiger partial charge in [0, 0.05) is 18.8 Å². The largest absolute Gasteiger partial charge is 0.382 e. The van der Waals surface area contributed by atoms with E-state index in [1.807, 2.05) is 6.26 Å². The van der Waals surface area contributed by atoms with E-state index < -0.39 is 0 Å². The zero-order valence-corrected chi connectivity index (χ0v) is 11.2. The van der Waals surface area contributed by atoms with E-state index in [2.05, 4.69) is 16.9 Å². The third kappa shape index (κ3) is 3.59. The fraction of sp³-hybridized carbons (Fsp3) is 0.545. The van der Waals surface area contributed by atoms with E-state index in [1.165, 1.54) is 12.4 Å². The summed E-state index contributed by atoms with van der Waals surface area (Å²) >= 11 is 1.73. The molecule has 1 aromatic heterocycles. The molecule has 2 N–H and O–H groups in total. The van der Waals surface area contributed by atoms with Crippen molar-refractivity contribution < 1.29 is 4.79 Å². The first-order valence-corrected chi connectivity index (χ1v) is 6.83. The minimum absolute atomic E-state index is 0.113. The third-order valence-electron chi connectivity index (χ3n) is 2.59. The van der Waals surface area contributed by atoms with E-state index in [-0.39, 0.29) is 11.9 Å². The van der Waals surface area contributed by atoms with Crippen molar-refractivity contribution in [2.24, 2.45) is 0 Å². The van der Waals surface area contributed by atoms with E-state index in [9.17, 15) is 4.79 Å². The molecule has 0 aliphatic heterocycles. The number of hydrogen-bond acceptors (Lipinski definition) is 5. The predicted octanol–water partition coefficient (Wildman–Crippen LogP) is 1.27. The molecule has 0 fully saturated rings. The lowest BCUT2D eigenvalue weighted by molar-refractivity contribution is 0.0737. The first-order valence-electron chi connectivity index (χ1n) is 5.43. The van der Waals surface area contributed by atoms with Gasteiger partial charge < -0.3 is 10.6 Å². The van der Waals surface area contributed by atoms with E-state index >= 15 is 0 Å². The second-order valence-corrected chi connectivity index (χ2v) is 4.67. The van der Waals surface area contributed by atoms with Crippen molar-refractivity contribution in [1.82, 2.24) is 14.9 Å². The summed E-state index contributed by atoms with van der Waals surface area (Å²) < 4.78 is 0. The fourth-order valence-electron chi connectivity index (χ4n) is 1.49. The number of rotatable bonds is 5. The van der Waals surface area contributed by atoms with Crippen LogP contribution in [0.4, 0.5) is 5.82 Å². The Bertz CT molecular complexity index is 368. The first kappa shape index (κ1) is 13.8. The summed E-state index contributed by atoms with van der Waals surface area (Å²) in [4.78, 5) is 21.7. The van der Waals surface area contributed by atoms with Gasteiger partial charge in [-0.25, -0.2) is 9.97 Å². The van der Waals surface area contributed by atoms with Crippen molar-refractivity contribution in [3.63, 3.8) is 0 Å². The zero-order valence-electron chi connectivity index (χ0n) is 10.4. The van der Waals surface area contributed by atoms with Gasteiger partial charge in [-0.05, 0) is 12.7 Å². The Labute approximate surface area is 106 Å². The van der Waals surface area contributed by atoms with Crippen LogP contribution in [0.25, 0.3) is 0 Å². The van der Waals surface area contributed by atoms with E-state index in [1.54, 1.807) is 23.7 Å². The van der Waals surface area contributed by atoms with Gasteiger partial charge in [-0.3, -0.25) is 4.79 Å². The van der Waals surface area contributed by atoms with Gasteiger partial charge in [0.15, 0.2) is 0 Å². The van der Waals surface area contributed by atoms with Gasteiger partial charge in [-0.15, -0.1) is 0 Å². The number of carbonyl (C=O) groups excluding carboxylic acids is 1. The van der Waals surface area contributed by atoms with Crippen LogP contribution in [0.3, 0.4) is 0 Å². The highest BCUT2D eigenvalue weighted by atomic mass is 32.2. The highest BCUT2D eigenvalue weighted by molar-refractivity contribution is 7.98. The van der Waals surface area contributed by atoms with Crippen LogP contribution in [-0.2, 0) is 0 Å². The Morgan fingerprint density at radius 3 is 2.71 bits per heavy atom. The van der Waals surface area contributed by atoms with Crippen LogP contribution < -0.4 is 5.73 Å². The number of anilines is 1. The maximum Gasteiger partial charge on any atom is 0.274 e. The van der Waals surface area contributed by atoms with Crippen LogP contribution in [0.2, 0.25) is 0 Å². The minimum Gasteiger partial charge on any atom is -0.382 e. The van der Waals surface area contributed by atoms with Crippen molar-refractivity contribution in [2.45, 2.75) is 19.4 Å². The Kier molecular flexibility index (Phi) is 5.21. The van der Waals surface area contributed by atoms with Crippen LogP contribution in [0, 0.1) is 0 Å². The molecule has 0 aromatic carbocycles. The van der Waals surface area contributed by atoms with Gasteiger partial charge in [-0.1, -0.05) is 6.92 Å². The Morgan fingerprint density at radius 2 is 2.24 bits per heavy atom. The molecular formula is C11H18N4OS. The van der Waals surface area contributed by atoms with Crippen LogP contribution in [0.1, 0.15) is 23.8 Å². The monoisotopic (exact) mass is 254 g/mol. The summed E-state index contributed by atoms with van der Waals surface area (Å²) in [7, 11) is 1.80. The number of carbonyl (C=O) groups is 1. The molecule has 0 aliphatic carbocycles. The average molecular weight is 254 g/mol. The number of hydrogen-bond donors (Lipinski definition) is 1. The lowest BCUT2D eigenvalue weighted by Crippen LogP contribution is -2.38. The predicted molar refractivity (Wildman–Crippen MR) is 71.0 cm³/mol. The fourth-order valence-corrected chi connectivity index (χ4v) is 2.33. The topological polar surface area (TPSA) is 72.1 Å². The molecule has 1 rings (SSSR count). The summed E-state index contributed by atoms with van der Waals surface area (Å²) in [6, 6.07) is 0.219. The van der Waals surface area contributed by atoms with Crippen LogP contribution in [0.5, 0.6) is 0 Å². The highest BCUT2D eigenvalue weighted by Crippen LogP contribution is 2.11. The minimum atomic E-state index is -0.113.